The van der Waals surface area contributed by atoms with E-state index in [1.807, 2.05) is 84.9 Å². The SMILES string of the molecule is Oc1ccc(OCc2ccccc2)cc1.Oc1ccc(Oc2cncnc2)cc1.c1ccc(COc2ccc(Oc3cncnc3)cc2)cc1. The first-order valence-electron chi connectivity index (χ1n) is 15.5. The van der Waals surface area contributed by atoms with Crippen LogP contribution < -0.4 is 18.9 Å². The molecule has 250 valence electrons. The lowest BCUT2D eigenvalue weighted by Gasteiger charge is -2.08. The summed E-state index contributed by atoms with van der Waals surface area (Å²) in [4.78, 5) is 15.4. The van der Waals surface area contributed by atoms with Crippen molar-refractivity contribution in [3.05, 3.63) is 182 Å². The van der Waals surface area contributed by atoms with Crippen molar-refractivity contribution in [1.29, 1.82) is 0 Å². The third-order valence-electron chi connectivity index (χ3n) is 6.54. The van der Waals surface area contributed by atoms with Gasteiger partial charge >= 0.3 is 0 Å². The minimum absolute atomic E-state index is 0.210. The maximum Gasteiger partial charge on any atom is 0.163 e. The third-order valence-corrected chi connectivity index (χ3v) is 6.54. The van der Waals surface area contributed by atoms with Crippen molar-refractivity contribution in [2.45, 2.75) is 13.2 Å². The molecule has 0 aliphatic rings. The number of nitrogens with zero attached hydrogens (tertiary/aromatic N) is 4. The molecule has 10 heteroatoms. The van der Waals surface area contributed by atoms with Gasteiger partial charge in [-0.3, -0.25) is 0 Å². The van der Waals surface area contributed by atoms with Gasteiger partial charge in [0.2, 0.25) is 0 Å². The van der Waals surface area contributed by atoms with Crippen LogP contribution in [0.25, 0.3) is 0 Å². The standard InChI is InChI=1S/C17H14N2O2.C13H12O2.C10H8N2O2/c1-2-4-14(5-3-1)12-20-15-6-8-16(9-7-15)21-17-10-18-13-19-11-17;14-12-6-8-13(9-7-12)15-10-11-4-2-1-3-5-11;13-8-1-3-9(4-2-8)14-10-5-11-7-12-6-10/h1-11,13H,12H2;1-9,14H,10H2;1-7,13H. The summed E-state index contributed by atoms with van der Waals surface area (Å²) in [5.74, 6) is 4.55. The zero-order chi connectivity index (χ0) is 34.6. The van der Waals surface area contributed by atoms with Crippen molar-refractivity contribution in [1.82, 2.24) is 19.9 Å². The normalized spacial score (nSPS) is 9.92. The van der Waals surface area contributed by atoms with Crippen LogP contribution in [-0.4, -0.2) is 30.1 Å². The smallest absolute Gasteiger partial charge is 0.163 e. The van der Waals surface area contributed by atoms with Gasteiger partial charge in [-0.2, -0.15) is 0 Å². The van der Waals surface area contributed by atoms with Crippen LogP contribution in [0.4, 0.5) is 0 Å². The summed E-state index contributed by atoms with van der Waals surface area (Å²) in [6.45, 7) is 1.10. The number of ether oxygens (including phenoxy) is 4. The Balaban J connectivity index is 0.000000150. The van der Waals surface area contributed by atoms with Crippen molar-refractivity contribution >= 4 is 0 Å². The predicted octanol–water partition coefficient (Wildman–Crippen LogP) is 8.79. The second-order valence-corrected chi connectivity index (χ2v) is 10.4. The molecule has 5 aromatic carbocycles. The van der Waals surface area contributed by atoms with E-state index in [1.54, 1.807) is 73.3 Å². The highest BCUT2D eigenvalue weighted by atomic mass is 16.5. The van der Waals surface area contributed by atoms with E-state index in [1.165, 1.54) is 12.7 Å². The molecule has 10 nitrogen and oxygen atoms in total. The van der Waals surface area contributed by atoms with E-state index in [0.717, 1.165) is 28.4 Å². The van der Waals surface area contributed by atoms with Crippen LogP contribution >= 0.6 is 0 Å². The Hall–Kier alpha value is -6.94. The molecular weight excluding hydrogens is 632 g/mol. The first kappa shape index (κ1) is 34.4. The van der Waals surface area contributed by atoms with Crippen molar-refractivity contribution in [2.24, 2.45) is 0 Å². The van der Waals surface area contributed by atoms with Crippen LogP contribution in [0, 0.1) is 0 Å². The molecule has 2 N–H and O–H groups in total. The highest BCUT2D eigenvalue weighted by molar-refractivity contribution is 5.35. The molecule has 50 heavy (non-hydrogen) atoms. The molecule has 0 bridgehead atoms. The number of rotatable bonds is 10. The van der Waals surface area contributed by atoms with E-state index < -0.39 is 0 Å². The highest BCUT2D eigenvalue weighted by Crippen LogP contribution is 2.24. The molecule has 2 aromatic heterocycles. The summed E-state index contributed by atoms with van der Waals surface area (Å²) in [6.07, 6.45) is 9.27. The molecule has 0 aliphatic heterocycles. The molecule has 0 aliphatic carbocycles. The first-order valence-corrected chi connectivity index (χ1v) is 15.5. The van der Waals surface area contributed by atoms with Crippen LogP contribution in [0.1, 0.15) is 11.1 Å². The van der Waals surface area contributed by atoms with Crippen molar-refractivity contribution < 1.29 is 29.2 Å². The Labute approximate surface area is 289 Å². The van der Waals surface area contributed by atoms with Crippen molar-refractivity contribution in [3.8, 4) is 46.0 Å². The fourth-order valence-electron chi connectivity index (χ4n) is 4.09. The lowest BCUT2D eigenvalue weighted by atomic mass is 10.2. The van der Waals surface area contributed by atoms with Gasteiger partial charge in [0.1, 0.15) is 60.4 Å². The van der Waals surface area contributed by atoms with E-state index in [9.17, 15) is 0 Å². The average Bonchev–Trinajstić information content (AvgIpc) is 3.17. The Kier molecular flexibility index (Phi) is 13.1. The monoisotopic (exact) mass is 666 g/mol. The zero-order valence-corrected chi connectivity index (χ0v) is 26.9. The van der Waals surface area contributed by atoms with Crippen LogP contribution in [0.5, 0.6) is 46.0 Å². The summed E-state index contributed by atoms with van der Waals surface area (Å²) in [5, 5.41) is 18.1. The number of phenols is 2. The van der Waals surface area contributed by atoms with E-state index in [-0.39, 0.29) is 11.5 Å². The van der Waals surface area contributed by atoms with Crippen LogP contribution in [-0.2, 0) is 13.2 Å². The largest absolute Gasteiger partial charge is 0.508 e. The molecule has 0 spiro atoms. The lowest BCUT2D eigenvalue weighted by Crippen LogP contribution is -1.94. The zero-order valence-electron chi connectivity index (χ0n) is 26.9. The van der Waals surface area contributed by atoms with E-state index in [2.05, 4.69) is 19.9 Å². The van der Waals surface area contributed by atoms with Gasteiger partial charge in [-0.15, -0.1) is 0 Å². The van der Waals surface area contributed by atoms with Crippen molar-refractivity contribution in [3.63, 3.8) is 0 Å². The molecule has 7 aromatic rings. The summed E-state index contributed by atoms with van der Waals surface area (Å²) in [5.41, 5.74) is 2.27. The minimum Gasteiger partial charge on any atom is -0.508 e. The Bertz CT molecular complexity index is 1930. The third kappa shape index (κ3) is 12.3. The summed E-state index contributed by atoms with van der Waals surface area (Å²) in [6, 6.07) is 40.7. The van der Waals surface area contributed by atoms with Crippen LogP contribution in [0.3, 0.4) is 0 Å². The molecular formula is C40H34N4O6. The lowest BCUT2D eigenvalue weighted by molar-refractivity contribution is 0.305. The summed E-state index contributed by atoms with van der Waals surface area (Å²) < 4.78 is 22.3. The fraction of sp³-hybridized carbons (Fsp3) is 0.0500. The van der Waals surface area contributed by atoms with Gasteiger partial charge in [0.25, 0.3) is 0 Å². The number of benzene rings is 5. The Morgan fingerprint density at radius 3 is 1.06 bits per heavy atom. The Morgan fingerprint density at radius 1 is 0.360 bits per heavy atom. The van der Waals surface area contributed by atoms with Gasteiger partial charge in [-0.1, -0.05) is 60.7 Å². The molecule has 0 unspecified atom stereocenters. The second kappa shape index (κ2) is 19.0. The van der Waals surface area contributed by atoms with Crippen molar-refractivity contribution in [2.75, 3.05) is 0 Å². The molecule has 2 heterocycles. The quantitative estimate of drug-likeness (QED) is 0.146. The number of hydrogen-bond donors (Lipinski definition) is 2. The maximum absolute atomic E-state index is 9.09. The van der Waals surface area contributed by atoms with Gasteiger partial charge in [-0.05, 0) is 83.9 Å². The number of hydrogen-bond acceptors (Lipinski definition) is 10. The molecule has 0 saturated heterocycles. The van der Waals surface area contributed by atoms with Crippen LogP contribution in [0.2, 0.25) is 0 Å². The van der Waals surface area contributed by atoms with E-state index >= 15 is 0 Å². The number of aromatic nitrogens is 4. The van der Waals surface area contributed by atoms with Gasteiger partial charge < -0.3 is 29.2 Å². The fourth-order valence-corrected chi connectivity index (χ4v) is 4.09. The van der Waals surface area contributed by atoms with Gasteiger partial charge in [0.05, 0.1) is 24.8 Å². The van der Waals surface area contributed by atoms with Gasteiger partial charge in [0, 0.05) is 0 Å². The molecule has 0 radical (unpaired) electrons. The number of phenolic OH excluding ortho intramolecular Hbond substituents is 2. The van der Waals surface area contributed by atoms with Gasteiger partial charge in [0.15, 0.2) is 11.5 Å². The summed E-state index contributed by atoms with van der Waals surface area (Å²) in [7, 11) is 0. The molecule has 7 rings (SSSR count). The van der Waals surface area contributed by atoms with E-state index in [0.29, 0.717) is 30.5 Å². The maximum atomic E-state index is 9.09. The predicted molar refractivity (Wildman–Crippen MR) is 188 cm³/mol. The topological polar surface area (TPSA) is 129 Å². The van der Waals surface area contributed by atoms with E-state index in [4.69, 9.17) is 29.2 Å². The average molecular weight is 667 g/mol. The highest BCUT2D eigenvalue weighted by Gasteiger charge is 2.00. The molecule has 0 fully saturated rings. The summed E-state index contributed by atoms with van der Waals surface area (Å²) >= 11 is 0. The second-order valence-electron chi connectivity index (χ2n) is 10.4. The number of aromatic hydroxyl groups is 2. The minimum atomic E-state index is 0.210. The molecule has 0 atom stereocenters. The Morgan fingerprint density at radius 2 is 0.680 bits per heavy atom. The molecule has 0 saturated carbocycles. The first-order chi connectivity index (χ1) is 24.6. The molecule has 0 amide bonds. The van der Waals surface area contributed by atoms with Gasteiger partial charge in [-0.25, -0.2) is 19.9 Å². The van der Waals surface area contributed by atoms with Crippen LogP contribution in [0.15, 0.2) is 171 Å².